The standard InChI is InChI=1S/C28H34N8O2S2/c1-3-7-23(8-4-1)35-15-11-33(12-16-35)21-25-29-31-27(37-25)39-19-20-40-28-32-30-26(38-28)22-34-13-17-36(18-14-34)24-9-5-2-6-10-24/h1-10H,11-22H2. The normalized spacial score (nSPS) is 17.0. The van der Waals surface area contributed by atoms with E-state index in [1.807, 2.05) is 0 Å². The summed E-state index contributed by atoms with van der Waals surface area (Å²) in [5.41, 5.74) is 2.57. The van der Waals surface area contributed by atoms with Crippen molar-refractivity contribution in [3.63, 3.8) is 0 Å². The van der Waals surface area contributed by atoms with Crippen LogP contribution >= 0.6 is 23.5 Å². The van der Waals surface area contributed by atoms with E-state index in [9.17, 15) is 0 Å². The molecule has 2 aromatic heterocycles. The fourth-order valence-electron chi connectivity index (χ4n) is 4.97. The van der Waals surface area contributed by atoms with Crippen LogP contribution < -0.4 is 9.80 Å². The van der Waals surface area contributed by atoms with Gasteiger partial charge < -0.3 is 18.6 Å². The zero-order chi connectivity index (χ0) is 27.0. The van der Waals surface area contributed by atoms with Gasteiger partial charge in [-0.05, 0) is 24.3 Å². The molecule has 0 amide bonds. The number of hydrogen-bond donors (Lipinski definition) is 0. The molecule has 0 saturated carbocycles. The van der Waals surface area contributed by atoms with E-state index in [0.717, 1.165) is 63.9 Å². The van der Waals surface area contributed by atoms with Gasteiger partial charge in [0.05, 0.1) is 13.1 Å². The molecule has 0 bridgehead atoms. The zero-order valence-corrected chi connectivity index (χ0v) is 24.1. The highest BCUT2D eigenvalue weighted by molar-refractivity contribution is 8.02. The minimum atomic E-state index is 0.611. The first-order chi connectivity index (χ1) is 19.8. The summed E-state index contributed by atoms with van der Waals surface area (Å²) in [4.78, 5) is 9.58. The van der Waals surface area contributed by atoms with Crippen LogP contribution in [0.4, 0.5) is 11.4 Å². The van der Waals surface area contributed by atoms with Crippen LogP contribution in [0.15, 0.2) is 79.9 Å². The number of rotatable bonds is 11. The molecule has 4 aromatic rings. The van der Waals surface area contributed by atoms with Gasteiger partial charge in [0.25, 0.3) is 10.4 Å². The Morgan fingerprint density at radius 2 is 0.925 bits per heavy atom. The molecule has 2 aliphatic heterocycles. The lowest BCUT2D eigenvalue weighted by atomic mass is 10.2. The van der Waals surface area contributed by atoms with Crippen LogP contribution in [-0.2, 0) is 13.1 Å². The predicted molar refractivity (Wildman–Crippen MR) is 158 cm³/mol. The molecule has 4 heterocycles. The molecule has 2 aliphatic rings. The van der Waals surface area contributed by atoms with Crippen molar-refractivity contribution in [1.82, 2.24) is 30.2 Å². The van der Waals surface area contributed by atoms with Gasteiger partial charge in [0, 0.05) is 75.2 Å². The van der Waals surface area contributed by atoms with Crippen molar-refractivity contribution in [3.05, 3.63) is 72.4 Å². The maximum atomic E-state index is 5.89. The minimum absolute atomic E-state index is 0.611. The molecule has 2 saturated heterocycles. The van der Waals surface area contributed by atoms with Crippen LogP contribution in [0, 0.1) is 0 Å². The van der Waals surface area contributed by atoms with E-state index in [0.29, 0.717) is 35.3 Å². The third kappa shape index (κ3) is 7.36. The van der Waals surface area contributed by atoms with Gasteiger partial charge in [-0.1, -0.05) is 59.9 Å². The molecule has 12 heteroatoms. The largest absolute Gasteiger partial charge is 0.415 e. The Hall–Kier alpha value is -3.06. The molecule has 0 radical (unpaired) electrons. The molecule has 10 nitrogen and oxygen atoms in total. The Morgan fingerprint density at radius 1 is 0.525 bits per heavy atom. The lowest BCUT2D eigenvalue weighted by Crippen LogP contribution is -2.46. The average Bonchev–Trinajstić information content (AvgIpc) is 3.66. The summed E-state index contributed by atoms with van der Waals surface area (Å²) < 4.78 is 11.8. The Bertz CT molecular complexity index is 1200. The van der Waals surface area contributed by atoms with Gasteiger partial charge in [0.2, 0.25) is 11.8 Å². The number of piperazine rings is 2. The summed E-state index contributed by atoms with van der Waals surface area (Å²) in [5, 5.41) is 18.2. The van der Waals surface area contributed by atoms with Gasteiger partial charge in [0.1, 0.15) is 0 Å². The molecule has 0 N–H and O–H groups in total. The van der Waals surface area contributed by atoms with Crippen molar-refractivity contribution in [1.29, 1.82) is 0 Å². The van der Waals surface area contributed by atoms with E-state index in [1.54, 1.807) is 23.5 Å². The highest BCUT2D eigenvalue weighted by Gasteiger charge is 2.21. The Labute approximate surface area is 243 Å². The minimum Gasteiger partial charge on any atom is -0.415 e. The summed E-state index contributed by atoms with van der Waals surface area (Å²) in [7, 11) is 0. The quantitative estimate of drug-likeness (QED) is 0.190. The highest BCUT2D eigenvalue weighted by Crippen LogP contribution is 2.23. The predicted octanol–water partition coefficient (Wildman–Crippen LogP) is 3.98. The number of benzene rings is 2. The Balaban J connectivity index is 0.868. The lowest BCUT2D eigenvalue weighted by molar-refractivity contribution is 0.220. The van der Waals surface area contributed by atoms with E-state index >= 15 is 0 Å². The third-order valence-electron chi connectivity index (χ3n) is 7.14. The van der Waals surface area contributed by atoms with Crippen molar-refractivity contribution in [2.45, 2.75) is 23.5 Å². The van der Waals surface area contributed by atoms with Crippen LogP contribution in [0.25, 0.3) is 0 Å². The molecule has 0 unspecified atom stereocenters. The topological polar surface area (TPSA) is 90.8 Å². The molecule has 6 rings (SSSR count). The monoisotopic (exact) mass is 578 g/mol. The molecule has 0 aliphatic carbocycles. The maximum absolute atomic E-state index is 5.89. The van der Waals surface area contributed by atoms with Gasteiger partial charge in [-0.15, -0.1) is 20.4 Å². The van der Waals surface area contributed by atoms with Crippen molar-refractivity contribution in [2.75, 3.05) is 73.7 Å². The van der Waals surface area contributed by atoms with Crippen molar-refractivity contribution >= 4 is 34.9 Å². The van der Waals surface area contributed by atoms with E-state index in [4.69, 9.17) is 8.83 Å². The summed E-state index contributed by atoms with van der Waals surface area (Å²) >= 11 is 3.13. The fourth-order valence-corrected chi connectivity index (χ4v) is 6.49. The van der Waals surface area contributed by atoms with Gasteiger partial charge in [0.15, 0.2) is 0 Å². The zero-order valence-electron chi connectivity index (χ0n) is 22.5. The van der Waals surface area contributed by atoms with Crippen LogP contribution in [0.2, 0.25) is 0 Å². The molecule has 0 spiro atoms. The summed E-state index contributed by atoms with van der Waals surface area (Å²) in [6.45, 7) is 9.29. The van der Waals surface area contributed by atoms with Crippen molar-refractivity contribution in [2.24, 2.45) is 0 Å². The first kappa shape index (κ1) is 27.1. The van der Waals surface area contributed by atoms with Gasteiger partial charge in [-0.2, -0.15) is 0 Å². The second kappa shape index (κ2) is 13.5. The Morgan fingerprint density at radius 3 is 1.32 bits per heavy atom. The molecule has 40 heavy (non-hydrogen) atoms. The molecule has 2 aromatic carbocycles. The number of anilines is 2. The Kier molecular flexibility index (Phi) is 9.18. The number of nitrogens with zero attached hydrogens (tertiary/aromatic N) is 8. The smallest absolute Gasteiger partial charge is 0.276 e. The second-order valence-corrected chi connectivity index (χ2v) is 11.9. The third-order valence-corrected chi connectivity index (χ3v) is 9.03. The molecule has 210 valence electrons. The van der Waals surface area contributed by atoms with Gasteiger partial charge in [-0.25, -0.2) is 0 Å². The van der Waals surface area contributed by atoms with Gasteiger partial charge in [-0.3, -0.25) is 9.80 Å². The van der Waals surface area contributed by atoms with Gasteiger partial charge >= 0.3 is 0 Å². The number of aromatic nitrogens is 4. The van der Waals surface area contributed by atoms with E-state index in [1.165, 1.54) is 11.4 Å². The number of hydrogen-bond acceptors (Lipinski definition) is 12. The van der Waals surface area contributed by atoms with Crippen LogP contribution in [0.1, 0.15) is 11.8 Å². The molecule has 0 atom stereocenters. The van der Waals surface area contributed by atoms with E-state index in [2.05, 4.69) is 101 Å². The first-order valence-corrected chi connectivity index (χ1v) is 15.7. The first-order valence-electron chi connectivity index (χ1n) is 13.7. The van der Waals surface area contributed by atoms with Crippen molar-refractivity contribution < 1.29 is 8.83 Å². The number of thioether (sulfide) groups is 2. The number of para-hydroxylation sites is 2. The molecular weight excluding hydrogens is 544 g/mol. The summed E-state index contributed by atoms with van der Waals surface area (Å²) in [6.07, 6.45) is 0. The van der Waals surface area contributed by atoms with E-state index in [-0.39, 0.29) is 0 Å². The average molecular weight is 579 g/mol. The van der Waals surface area contributed by atoms with Crippen molar-refractivity contribution in [3.8, 4) is 0 Å². The van der Waals surface area contributed by atoms with Crippen LogP contribution in [-0.4, -0.2) is 94.1 Å². The second-order valence-electron chi connectivity index (χ2n) is 9.82. The molecule has 2 fully saturated rings. The SMILES string of the molecule is c1ccc(N2CCN(Cc3nnc(SCCSc4nnc(CN5CCN(c6ccccc6)CC5)o4)o3)CC2)cc1. The van der Waals surface area contributed by atoms with E-state index < -0.39 is 0 Å². The lowest BCUT2D eigenvalue weighted by Gasteiger charge is -2.35. The highest BCUT2D eigenvalue weighted by atomic mass is 32.2. The summed E-state index contributed by atoms with van der Waals surface area (Å²) in [5.74, 6) is 2.99. The molecular formula is C28H34N8O2S2. The van der Waals surface area contributed by atoms with Crippen LogP contribution in [0.5, 0.6) is 0 Å². The summed E-state index contributed by atoms with van der Waals surface area (Å²) in [6, 6.07) is 21.2. The van der Waals surface area contributed by atoms with Crippen LogP contribution in [0.3, 0.4) is 0 Å². The maximum Gasteiger partial charge on any atom is 0.276 e. The fraction of sp³-hybridized carbons (Fsp3) is 0.429.